The fourth-order valence-corrected chi connectivity index (χ4v) is 2.74. The Morgan fingerprint density at radius 3 is 2.48 bits per heavy atom. The Labute approximate surface area is 161 Å². The number of rotatable bonds is 9. The molecule has 5 heteroatoms. The monoisotopic (exact) mass is 371 g/mol. The van der Waals surface area contributed by atoms with Crippen LogP contribution >= 0.6 is 0 Å². The van der Waals surface area contributed by atoms with Gasteiger partial charge in [0, 0.05) is 6.54 Å². The van der Waals surface area contributed by atoms with Crippen LogP contribution in [-0.4, -0.2) is 33.3 Å². The van der Waals surface area contributed by atoms with Gasteiger partial charge in [-0.05, 0) is 60.2 Å². The van der Waals surface area contributed by atoms with E-state index in [9.17, 15) is 4.79 Å². The molecule has 27 heavy (non-hydrogen) atoms. The van der Waals surface area contributed by atoms with Crippen LogP contribution in [0.4, 0.5) is 0 Å². The molecule has 0 fully saturated rings. The number of benzene rings is 2. The zero-order valence-electron chi connectivity index (χ0n) is 16.8. The van der Waals surface area contributed by atoms with E-state index in [4.69, 9.17) is 14.2 Å². The average molecular weight is 371 g/mol. The standard InChI is InChI=1S/C22H29NO4/c1-15(2)17-7-6-16(3)21(13-17)27-14-22(24)23-11-10-18-12-19(25-4)8-9-20(18)26-5/h6-9,12-13,15H,10-11,14H2,1-5H3,(H,23,24). The molecule has 0 atom stereocenters. The Balaban J connectivity index is 1.86. The van der Waals surface area contributed by atoms with E-state index in [1.54, 1.807) is 14.2 Å². The van der Waals surface area contributed by atoms with Gasteiger partial charge in [0.05, 0.1) is 14.2 Å². The summed E-state index contributed by atoms with van der Waals surface area (Å²) < 4.78 is 16.3. The highest BCUT2D eigenvalue weighted by Crippen LogP contribution is 2.25. The van der Waals surface area contributed by atoms with Crippen molar-refractivity contribution in [2.75, 3.05) is 27.4 Å². The Kier molecular flexibility index (Phi) is 7.53. The number of carbonyl (C=O) groups is 1. The van der Waals surface area contributed by atoms with Gasteiger partial charge in [-0.1, -0.05) is 26.0 Å². The Morgan fingerprint density at radius 2 is 1.81 bits per heavy atom. The first-order valence-corrected chi connectivity index (χ1v) is 9.15. The van der Waals surface area contributed by atoms with E-state index in [2.05, 4.69) is 25.2 Å². The maximum Gasteiger partial charge on any atom is 0.257 e. The second-order valence-corrected chi connectivity index (χ2v) is 6.75. The lowest BCUT2D eigenvalue weighted by molar-refractivity contribution is -0.123. The predicted molar refractivity (Wildman–Crippen MR) is 107 cm³/mol. The van der Waals surface area contributed by atoms with E-state index in [0.717, 1.165) is 28.4 Å². The van der Waals surface area contributed by atoms with Gasteiger partial charge < -0.3 is 19.5 Å². The van der Waals surface area contributed by atoms with Gasteiger partial charge in [-0.2, -0.15) is 0 Å². The number of nitrogens with one attached hydrogen (secondary N) is 1. The van der Waals surface area contributed by atoms with E-state index in [1.165, 1.54) is 5.56 Å². The van der Waals surface area contributed by atoms with Crippen molar-refractivity contribution in [2.45, 2.75) is 33.1 Å². The van der Waals surface area contributed by atoms with E-state index in [0.29, 0.717) is 18.9 Å². The first kappa shape index (κ1) is 20.6. The molecule has 0 saturated carbocycles. The SMILES string of the molecule is COc1ccc(OC)c(CCNC(=O)COc2cc(C(C)C)ccc2C)c1. The van der Waals surface area contributed by atoms with Gasteiger partial charge >= 0.3 is 0 Å². The molecule has 0 heterocycles. The fraction of sp³-hybridized carbons (Fsp3) is 0.409. The molecular weight excluding hydrogens is 342 g/mol. The van der Waals surface area contributed by atoms with Crippen molar-refractivity contribution < 1.29 is 19.0 Å². The lowest BCUT2D eigenvalue weighted by Gasteiger charge is -2.13. The lowest BCUT2D eigenvalue weighted by atomic mass is 10.0. The molecule has 0 aliphatic carbocycles. The zero-order chi connectivity index (χ0) is 19.8. The molecule has 5 nitrogen and oxygen atoms in total. The summed E-state index contributed by atoms with van der Waals surface area (Å²) in [6.45, 7) is 6.74. The second kappa shape index (κ2) is 9.86. The Bertz CT molecular complexity index is 771. The van der Waals surface area contributed by atoms with Crippen LogP contribution < -0.4 is 19.5 Å². The smallest absolute Gasteiger partial charge is 0.257 e. The predicted octanol–water partition coefficient (Wildman–Crippen LogP) is 3.87. The Morgan fingerprint density at radius 1 is 1.04 bits per heavy atom. The van der Waals surface area contributed by atoms with Gasteiger partial charge in [0.1, 0.15) is 17.2 Å². The summed E-state index contributed by atoms with van der Waals surface area (Å²) in [5.74, 6) is 2.57. The van der Waals surface area contributed by atoms with Crippen LogP contribution in [0.1, 0.15) is 36.5 Å². The molecule has 2 aromatic rings. The molecular formula is C22H29NO4. The second-order valence-electron chi connectivity index (χ2n) is 6.75. The molecule has 0 radical (unpaired) electrons. The first-order valence-electron chi connectivity index (χ1n) is 9.15. The van der Waals surface area contributed by atoms with Crippen LogP contribution in [0.2, 0.25) is 0 Å². The van der Waals surface area contributed by atoms with Crippen LogP contribution in [0.15, 0.2) is 36.4 Å². The van der Waals surface area contributed by atoms with Crippen LogP contribution in [0.25, 0.3) is 0 Å². The summed E-state index contributed by atoms with van der Waals surface area (Å²) in [7, 11) is 3.26. The third-order valence-electron chi connectivity index (χ3n) is 4.44. The van der Waals surface area contributed by atoms with Gasteiger partial charge in [-0.15, -0.1) is 0 Å². The summed E-state index contributed by atoms with van der Waals surface area (Å²) in [6.07, 6.45) is 0.647. The molecule has 1 amide bonds. The summed E-state index contributed by atoms with van der Waals surface area (Å²) in [4.78, 5) is 12.1. The molecule has 0 unspecified atom stereocenters. The summed E-state index contributed by atoms with van der Waals surface area (Å²) in [5, 5.41) is 2.89. The lowest BCUT2D eigenvalue weighted by Crippen LogP contribution is -2.30. The largest absolute Gasteiger partial charge is 0.497 e. The van der Waals surface area contributed by atoms with Crippen molar-refractivity contribution in [3.63, 3.8) is 0 Å². The molecule has 0 aliphatic heterocycles. The van der Waals surface area contributed by atoms with E-state index in [1.807, 2.05) is 37.3 Å². The number of hydrogen-bond donors (Lipinski definition) is 1. The summed E-state index contributed by atoms with van der Waals surface area (Å²) in [5.41, 5.74) is 3.20. The maximum absolute atomic E-state index is 12.1. The van der Waals surface area contributed by atoms with Crippen LogP contribution in [0.3, 0.4) is 0 Å². The maximum atomic E-state index is 12.1. The van der Waals surface area contributed by atoms with Gasteiger partial charge in [0.15, 0.2) is 6.61 Å². The average Bonchev–Trinajstić information content (AvgIpc) is 2.67. The number of methoxy groups -OCH3 is 2. The molecule has 2 aromatic carbocycles. The Hall–Kier alpha value is -2.69. The van der Waals surface area contributed by atoms with E-state index < -0.39 is 0 Å². The highest BCUT2D eigenvalue weighted by molar-refractivity contribution is 5.77. The number of carbonyl (C=O) groups excluding carboxylic acids is 1. The van der Waals surface area contributed by atoms with Gasteiger partial charge in [0.25, 0.3) is 5.91 Å². The van der Waals surface area contributed by atoms with Crippen LogP contribution in [0.5, 0.6) is 17.2 Å². The zero-order valence-corrected chi connectivity index (χ0v) is 16.8. The molecule has 146 valence electrons. The highest BCUT2D eigenvalue weighted by atomic mass is 16.5. The van der Waals surface area contributed by atoms with Crippen molar-refractivity contribution in [1.82, 2.24) is 5.32 Å². The topological polar surface area (TPSA) is 56.8 Å². The minimum Gasteiger partial charge on any atom is -0.497 e. The third kappa shape index (κ3) is 5.91. The number of ether oxygens (including phenoxy) is 3. The number of hydrogen-bond acceptors (Lipinski definition) is 4. The van der Waals surface area contributed by atoms with E-state index in [-0.39, 0.29) is 12.5 Å². The summed E-state index contributed by atoms with van der Waals surface area (Å²) in [6, 6.07) is 11.8. The quantitative estimate of drug-likeness (QED) is 0.727. The third-order valence-corrected chi connectivity index (χ3v) is 4.44. The van der Waals surface area contributed by atoms with Crippen molar-refractivity contribution >= 4 is 5.91 Å². The van der Waals surface area contributed by atoms with Crippen molar-refractivity contribution in [3.05, 3.63) is 53.1 Å². The van der Waals surface area contributed by atoms with Crippen molar-refractivity contribution in [1.29, 1.82) is 0 Å². The molecule has 0 aliphatic rings. The minimum absolute atomic E-state index is 0.00235. The van der Waals surface area contributed by atoms with Gasteiger partial charge in [-0.3, -0.25) is 4.79 Å². The molecule has 1 N–H and O–H groups in total. The van der Waals surface area contributed by atoms with E-state index >= 15 is 0 Å². The van der Waals surface area contributed by atoms with Crippen molar-refractivity contribution in [2.24, 2.45) is 0 Å². The number of amides is 1. The fourth-order valence-electron chi connectivity index (χ4n) is 2.74. The normalized spacial score (nSPS) is 10.6. The summed E-state index contributed by atoms with van der Waals surface area (Å²) >= 11 is 0. The van der Waals surface area contributed by atoms with Crippen LogP contribution in [0, 0.1) is 6.92 Å². The first-order chi connectivity index (χ1) is 12.9. The number of aryl methyl sites for hydroxylation is 1. The molecule has 0 aromatic heterocycles. The molecule has 0 bridgehead atoms. The van der Waals surface area contributed by atoms with Gasteiger partial charge in [0.2, 0.25) is 0 Å². The van der Waals surface area contributed by atoms with Crippen LogP contribution in [-0.2, 0) is 11.2 Å². The van der Waals surface area contributed by atoms with Crippen molar-refractivity contribution in [3.8, 4) is 17.2 Å². The molecule has 0 saturated heterocycles. The molecule has 2 rings (SSSR count). The highest BCUT2D eigenvalue weighted by Gasteiger charge is 2.09. The molecule has 0 spiro atoms. The minimum atomic E-state index is -0.147. The van der Waals surface area contributed by atoms with Gasteiger partial charge in [-0.25, -0.2) is 0 Å².